The number of ether oxygens (including phenoxy) is 1. The van der Waals surface area contributed by atoms with Crippen molar-refractivity contribution >= 4 is 28.6 Å². The fourth-order valence-electron chi connectivity index (χ4n) is 1.21. The molecule has 0 fully saturated rings. The molecule has 0 bridgehead atoms. The molecule has 88 valence electrons. The van der Waals surface area contributed by atoms with Crippen LogP contribution in [0.1, 0.15) is 5.69 Å². The Balaban J connectivity index is 2.19. The fraction of sp³-hybridized carbons (Fsp3) is 0.100. The van der Waals surface area contributed by atoms with Gasteiger partial charge in [0.05, 0.1) is 16.1 Å². The van der Waals surface area contributed by atoms with Crippen molar-refractivity contribution < 1.29 is 9.66 Å². The van der Waals surface area contributed by atoms with E-state index in [2.05, 4.69) is 4.98 Å². The number of aromatic nitrogens is 1. The molecule has 2 rings (SSSR count). The second kappa shape index (κ2) is 5.11. The van der Waals surface area contributed by atoms with Crippen molar-refractivity contribution in [3.63, 3.8) is 0 Å². The van der Waals surface area contributed by atoms with Crippen molar-refractivity contribution in [3.05, 3.63) is 49.9 Å². The number of thiazole rings is 1. The highest BCUT2D eigenvalue weighted by atomic mass is 35.5. The summed E-state index contributed by atoms with van der Waals surface area (Å²) in [5.41, 5.74) is 2.29. The molecule has 17 heavy (non-hydrogen) atoms. The molecule has 0 aliphatic carbocycles. The minimum absolute atomic E-state index is 0.107. The molecule has 1 heterocycles. The molecular formula is C10H7ClN2O3S. The van der Waals surface area contributed by atoms with E-state index in [9.17, 15) is 10.1 Å². The van der Waals surface area contributed by atoms with E-state index in [1.165, 1.54) is 29.5 Å². The van der Waals surface area contributed by atoms with Crippen molar-refractivity contribution in [2.45, 2.75) is 6.61 Å². The summed E-state index contributed by atoms with van der Waals surface area (Å²) in [6.07, 6.45) is 0. The highest BCUT2D eigenvalue weighted by Gasteiger charge is 2.15. The third-order valence-corrected chi connectivity index (χ3v) is 2.85. The third kappa shape index (κ3) is 2.92. The number of hydrogen-bond donors (Lipinski definition) is 0. The first-order valence-corrected chi connectivity index (χ1v) is 5.92. The van der Waals surface area contributed by atoms with Gasteiger partial charge < -0.3 is 4.74 Å². The molecule has 7 heteroatoms. The normalized spacial score (nSPS) is 10.2. The molecule has 0 atom stereocenters. The largest absolute Gasteiger partial charge is 0.480 e. The molecule has 1 aromatic heterocycles. The van der Waals surface area contributed by atoms with Crippen molar-refractivity contribution in [1.29, 1.82) is 0 Å². The van der Waals surface area contributed by atoms with Crippen LogP contribution in [0, 0.1) is 10.1 Å². The summed E-state index contributed by atoms with van der Waals surface area (Å²) in [6.45, 7) is 0.185. The van der Waals surface area contributed by atoms with Gasteiger partial charge in [-0.15, -0.1) is 11.3 Å². The van der Waals surface area contributed by atoms with Crippen molar-refractivity contribution in [2.24, 2.45) is 0 Å². The van der Waals surface area contributed by atoms with Gasteiger partial charge in [0, 0.05) is 22.5 Å². The quantitative estimate of drug-likeness (QED) is 0.632. The fourth-order valence-corrected chi connectivity index (χ4v) is 1.92. The summed E-state index contributed by atoms with van der Waals surface area (Å²) < 4.78 is 5.34. The zero-order valence-electron chi connectivity index (χ0n) is 8.50. The molecule has 0 aliphatic rings. The molecule has 5 nitrogen and oxygen atoms in total. The van der Waals surface area contributed by atoms with Crippen LogP contribution in [0.2, 0.25) is 5.02 Å². The first-order valence-electron chi connectivity index (χ1n) is 4.60. The standard InChI is InChI=1S/C10H7ClN2O3S/c11-7-1-2-9(13(14)15)10(3-7)16-4-8-5-17-6-12-8/h1-3,5-6H,4H2. The van der Waals surface area contributed by atoms with Crippen molar-refractivity contribution in [1.82, 2.24) is 4.98 Å². The van der Waals surface area contributed by atoms with Gasteiger partial charge in [-0.1, -0.05) is 11.6 Å². The van der Waals surface area contributed by atoms with E-state index in [4.69, 9.17) is 16.3 Å². The zero-order valence-corrected chi connectivity index (χ0v) is 10.1. The summed E-state index contributed by atoms with van der Waals surface area (Å²) >= 11 is 7.20. The lowest BCUT2D eigenvalue weighted by atomic mass is 10.3. The van der Waals surface area contributed by atoms with Gasteiger partial charge in [0.1, 0.15) is 6.61 Å². The maximum absolute atomic E-state index is 10.8. The van der Waals surface area contributed by atoms with E-state index >= 15 is 0 Å². The molecule has 2 aromatic rings. The van der Waals surface area contributed by atoms with Crippen LogP contribution in [0.3, 0.4) is 0 Å². The lowest BCUT2D eigenvalue weighted by Crippen LogP contribution is -1.99. The second-order valence-electron chi connectivity index (χ2n) is 3.14. The van der Waals surface area contributed by atoms with Gasteiger partial charge >= 0.3 is 5.69 Å². The number of nitro benzene ring substituents is 1. The molecule has 0 saturated heterocycles. The van der Waals surface area contributed by atoms with Crippen LogP contribution in [0.4, 0.5) is 5.69 Å². The van der Waals surface area contributed by atoms with E-state index in [0.29, 0.717) is 5.02 Å². The van der Waals surface area contributed by atoms with Gasteiger partial charge in [0.15, 0.2) is 5.75 Å². The zero-order chi connectivity index (χ0) is 12.3. The van der Waals surface area contributed by atoms with Crippen LogP contribution in [0.5, 0.6) is 5.75 Å². The Morgan fingerprint density at radius 3 is 3.00 bits per heavy atom. The number of hydrogen-bond acceptors (Lipinski definition) is 5. The number of nitro groups is 1. The van der Waals surface area contributed by atoms with Gasteiger partial charge in [-0.2, -0.15) is 0 Å². The van der Waals surface area contributed by atoms with Crippen LogP contribution in [0.15, 0.2) is 29.1 Å². The molecule has 0 radical (unpaired) electrons. The van der Waals surface area contributed by atoms with E-state index < -0.39 is 4.92 Å². The average Bonchev–Trinajstić information content (AvgIpc) is 2.78. The molecule has 0 amide bonds. The summed E-state index contributed by atoms with van der Waals surface area (Å²) in [5, 5.41) is 13.0. The Labute approximate surface area is 106 Å². The second-order valence-corrected chi connectivity index (χ2v) is 4.29. The number of benzene rings is 1. The maximum Gasteiger partial charge on any atom is 0.311 e. The van der Waals surface area contributed by atoms with Gasteiger partial charge in [-0.05, 0) is 6.07 Å². The first-order chi connectivity index (χ1) is 8.16. The predicted molar refractivity (Wildman–Crippen MR) is 64.6 cm³/mol. The molecule has 0 spiro atoms. The van der Waals surface area contributed by atoms with Gasteiger partial charge in [-0.3, -0.25) is 10.1 Å². The van der Waals surface area contributed by atoms with Crippen molar-refractivity contribution in [2.75, 3.05) is 0 Å². The number of rotatable bonds is 4. The van der Waals surface area contributed by atoms with Crippen LogP contribution in [-0.2, 0) is 6.61 Å². The maximum atomic E-state index is 10.8. The van der Waals surface area contributed by atoms with Crippen LogP contribution < -0.4 is 4.74 Å². The van der Waals surface area contributed by atoms with Crippen LogP contribution >= 0.6 is 22.9 Å². The Hall–Kier alpha value is -1.66. The summed E-state index contributed by atoms with van der Waals surface area (Å²) in [4.78, 5) is 14.3. The Bertz CT molecular complexity index is 530. The minimum atomic E-state index is -0.507. The Morgan fingerprint density at radius 2 is 2.35 bits per heavy atom. The molecule has 0 unspecified atom stereocenters. The highest BCUT2D eigenvalue weighted by molar-refractivity contribution is 7.07. The molecule has 1 aromatic carbocycles. The average molecular weight is 271 g/mol. The third-order valence-electron chi connectivity index (χ3n) is 1.98. The van der Waals surface area contributed by atoms with Crippen LogP contribution in [0.25, 0.3) is 0 Å². The summed E-state index contributed by atoms with van der Waals surface area (Å²) in [6, 6.07) is 4.19. The molecular weight excluding hydrogens is 264 g/mol. The number of nitrogens with zero attached hydrogens (tertiary/aromatic N) is 2. The van der Waals surface area contributed by atoms with Gasteiger partial charge in [0.25, 0.3) is 0 Å². The van der Waals surface area contributed by atoms with E-state index in [1.807, 2.05) is 5.38 Å². The highest BCUT2D eigenvalue weighted by Crippen LogP contribution is 2.30. The van der Waals surface area contributed by atoms with Gasteiger partial charge in [-0.25, -0.2) is 4.98 Å². The van der Waals surface area contributed by atoms with Crippen LogP contribution in [-0.4, -0.2) is 9.91 Å². The molecule has 0 saturated carbocycles. The number of halogens is 1. The van der Waals surface area contributed by atoms with Crippen molar-refractivity contribution in [3.8, 4) is 5.75 Å². The smallest absolute Gasteiger partial charge is 0.311 e. The molecule has 0 N–H and O–H groups in total. The minimum Gasteiger partial charge on any atom is -0.480 e. The van der Waals surface area contributed by atoms with E-state index in [1.54, 1.807) is 5.51 Å². The molecule has 0 aliphatic heterocycles. The van der Waals surface area contributed by atoms with E-state index in [0.717, 1.165) is 5.69 Å². The van der Waals surface area contributed by atoms with Gasteiger partial charge in [0.2, 0.25) is 0 Å². The van der Waals surface area contributed by atoms with E-state index in [-0.39, 0.29) is 18.0 Å². The topological polar surface area (TPSA) is 65.3 Å². The monoisotopic (exact) mass is 270 g/mol. The predicted octanol–water partition coefficient (Wildman–Crippen LogP) is 3.28. The Kier molecular flexibility index (Phi) is 3.55. The SMILES string of the molecule is O=[N+]([O-])c1ccc(Cl)cc1OCc1cscn1. The lowest BCUT2D eigenvalue weighted by molar-refractivity contribution is -0.385. The lowest BCUT2D eigenvalue weighted by Gasteiger charge is -2.05. The summed E-state index contributed by atoms with van der Waals surface area (Å²) in [5.74, 6) is 0.149. The summed E-state index contributed by atoms with van der Waals surface area (Å²) in [7, 11) is 0. The Morgan fingerprint density at radius 1 is 1.53 bits per heavy atom. The first kappa shape index (κ1) is 11.8.